The van der Waals surface area contributed by atoms with Gasteiger partial charge >= 0.3 is 47.7 Å². The minimum atomic E-state index is -8.01. The molecule has 0 aliphatic heterocycles. The standard InChI is InChI=1S/C14H13F13O5S/c15-9(16,3-5-33(31)6-4-32-8(30)2-1-7(28)29)10(17,18)11(19,20)12(21,22)13(23,24)14(25,26)27/h1-6H2,(H,28,29). The maximum atomic E-state index is 13.5. The van der Waals surface area contributed by atoms with Gasteiger partial charge in [-0.1, -0.05) is 0 Å². The highest BCUT2D eigenvalue weighted by molar-refractivity contribution is 7.84. The summed E-state index contributed by atoms with van der Waals surface area (Å²) in [5.41, 5.74) is 0. The average molecular weight is 540 g/mol. The molecular formula is C14H13F13O5S. The fourth-order valence-electron chi connectivity index (χ4n) is 1.83. The lowest BCUT2D eigenvalue weighted by atomic mass is 9.93. The van der Waals surface area contributed by atoms with Gasteiger partial charge in [0.25, 0.3) is 0 Å². The van der Waals surface area contributed by atoms with Crippen LogP contribution in [0, 0.1) is 0 Å². The first-order chi connectivity index (χ1) is 14.5. The maximum absolute atomic E-state index is 13.5. The third kappa shape index (κ3) is 6.62. The van der Waals surface area contributed by atoms with Crippen LogP contribution < -0.4 is 0 Å². The minimum Gasteiger partial charge on any atom is -0.481 e. The zero-order valence-corrected chi connectivity index (χ0v) is 16.5. The zero-order chi connectivity index (χ0) is 26.7. The molecule has 19 heteroatoms. The number of carboxylic acid groups (broad SMARTS) is 1. The molecule has 0 fully saturated rings. The van der Waals surface area contributed by atoms with E-state index in [1.165, 1.54) is 0 Å². The molecule has 0 aromatic heterocycles. The van der Waals surface area contributed by atoms with Gasteiger partial charge in [-0.2, -0.15) is 57.1 Å². The number of esters is 1. The van der Waals surface area contributed by atoms with Gasteiger partial charge in [-0.3, -0.25) is 13.8 Å². The molecule has 0 saturated carbocycles. The molecule has 0 spiro atoms. The molecule has 0 heterocycles. The Bertz CT molecular complexity index is 735. The van der Waals surface area contributed by atoms with Crippen molar-refractivity contribution < 1.29 is 80.7 Å². The molecule has 0 aliphatic carbocycles. The first-order valence-corrected chi connectivity index (χ1v) is 9.62. The number of carboxylic acids is 1. The first kappa shape index (κ1) is 31.2. The molecule has 0 bridgehead atoms. The second kappa shape index (κ2) is 10.2. The van der Waals surface area contributed by atoms with E-state index in [-0.39, 0.29) is 0 Å². The Labute approximate surface area is 177 Å². The van der Waals surface area contributed by atoms with Crippen LogP contribution in [-0.4, -0.2) is 75.2 Å². The monoisotopic (exact) mass is 540 g/mol. The fraction of sp³-hybridized carbons (Fsp3) is 0.857. The lowest BCUT2D eigenvalue weighted by Gasteiger charge is -2.39. The van der Waals surface area contributed by atoms with Gasteiger partial charge in [0.05, 0.1) is 18.6 Å². The Hall–Kier alpha value is -1.82. The summed E-state index contributed by atoms with van der Waals surface area (Å²) < 4.78 is 184. The number of hydrogen-bond donors (Lipinski definition) is 1. The summed E-state index contributed by atoms with van der Waals surface area (Å²) >= 11 is 0. The molecule has 0 amide bonds. The first-order valence-electron chi connectivity index (χ1n) is 8.14. The van der Waals surface area contributed by atoms with Gasteiger partial charge in [-0.15, -0.1) is 0 Å². The number of hydrogen-bond acceptors (Lipinski definition) is 4. The normalized spacial score (nSPS) is 15.3. The number of carbonyl (C=O) groups is 2. The maximum Gasteiger partial charge on any atom is 0.460 e. The molecule has 1 N–H and O–H groups in total. The number of ether oxygens (including phenoxy) is 1. The number of alkyl halides is 13. The van der Waals surface area contributed by atoms with Crippen molar-refractivity contribution in [3.8, 4) is 0 Å². The molecule has 1 unspecified atom stereocenters. The molecule has 5 nitrogen and oxygen atoms in total. The van der Waals surface area contributed by atoms with Gasteiger partial charge in [-0.05, 0) is 0 Å². The average Bonchev–Trinajstić information content (AvgIpc) is 2.63. The lowest BCUT2D eigenvalue weighted by molar-refractivity contribution is -0.439. The largest absolute Gasteiger partial charge is 0.481 e. The van der Waals surface area contributed by atoms with Crippen molar-refractivity contribution in [2.24, 2.45) is 0 Å². The van der Waals surface area contributed by atoms with E-state index < -0.39 is 95.9 Å². The van der Waals surface area contributed by atoms with Crippen molar-refractivity contribution in [2.75, 3.05) is 18.1 Å². The Morgan fingerprint density at radius 3 is 1.58 bits per heavy atom. The number of halogens is 13. The minimum absolute atomic E-state index is 0.669. The molecule has 0 aromatic rings. The highest BCUT2D eigenvalue weighted by atomic mass is 32.2. The summed E-state index contributed by atoms with van der Waals surface area (Å²) in [6.07, 6.45) is -11.5. The quantitative estimate of drug-likeness (QED) is 0.279. The van der Waals surface area contributed by atoms with E-state index in [1.807, 2.05) is 0 Å². The Morgan fingerprint density at radius 2 is 1.15 bits per heavy atom. The van der Waals surface area contributed by atoms with E-state index in [9.17, 15) is 70.9 Å². The van der Waals surface area contributed by atoms with Crippen LogP contribution in [0.25, 0.3) is 0 Å². The van der Waals surface area contributed by atoms with E-state index in [0.29, 0.717) is 0 Å². The van der Waals surface area contributed by atoms with Crippen LogP contribution in [0.2, 0.25) is 0 Å². The molecule has 1 atom stereocenters. The van der Waals surface area contributed by atoms with Gasteiger partial charge in [-0.25, -0.2) is 0 Å². The van der Waals surface area contributed by atoms with Crippen LogP contribution in [0.1, 0.15) is 19.3 Å². The molecule has 0 aliphatic rings. The number of aliphatic carboxylic acids is 1. The van der Waals surface area contributed by atoms with Crippen LogP contribution in [0.5, 0.6) is 0 Å². The van der Waals surface area contributed by atoms with Crippen LogP contribution >= 0.6 is 0 Å². The lowest BCUT2D eigenvalue weighted by Crippen LogP contribution is -2.70. The van der Waals surface area contributed by atoms with E-state index in [1.54, 1.807) is 0 Å². The SMILES string of the molecule is O=C(O)CCC(=O)OCCS(=O)CCC(F)(F)C(F)(F)C(F)(F)C(F)(F)C(F)(F)C(F)(F)F. The summed E-state index contributed by atoms with van der Waals surface area (Å²) in [5.74, 6) is -42.7. The van der Waals surface area contributed by atoms with Crippen LogP contribution in [0.3, 0.4) is 0 Å². The summed E-state index contributed by atoms with van der Waals surface area (Å²) in [7, 11) is -2.68. The predicted molar refractivity (Wildman–Crippen MR) is 81.1 cm³/mol. The molecule has 33 heavy (non-hydrogen) atoms. The Balaban J connectivity index is 5.27. The van der Waals surface area contributed by atoms with E-state index >= 15 is 0 Å². The molecule has 0 saturated heterocycles. The van der Waals surface area contributed by atoms with E-state index in [2.05, 4.69) is 4.74 Å². The summed E-state index contributed by atoms with van der Waals surface area (Å²) in [5, 5.41) is 8.29. The van der Waals surface area contributed by atoms with Crippen molar-refractivity contribution in [2.45, 2.75) is 55.1 Å². The number of carbonyl (C=O) groups excluding carboxylic acids is 1. The second-order valence-electron chi connectivity index (χ2n) is 6.21. The Morgan fingerprint density at radius 1 is 0.697 bits per heavy atom. The number of rotatable bonds is 13. The van der Waals surface area contributed by atoms with Gasteiger partial charge in [0.1, 0.15) is 6.61 Å². The smallest absolute Gasteiger partial charge is 0.460 e. The molecule has 0 aromatic carbocycles. The van der Waals surface area contributed by atoms with Crippen LogP contribution in [-0.2, 0) is 25.1 Å². The molecular weight excluding hydrogens is 527 g/mol. The summed E-state index contributed by atoms with van der Waals surface area (Å²) in [4.78, 5) is 21.2. The predicted octanol–water partition coefficient (Wildman–Crippen LogP) is 4.27. The topological polar surface area (TPSA) is 80.7 Å². The van der Waals surface area contributed by atoms with Gasteiger partial charge < -0.3 is 9.84 Å². The van der Waals surface area contributed by atoms with Crippen molar-refractivity contribution in [3.63, 3.8) is 0 Å². The van der Waals surface area contributed by atoms with Gasteiger partial charge in [0.15, 0.2) is 0 Å². The van der Waals surface area contributed by atoms with Crippen LogP contribution in [0.4, 0.5) is 57.1 Å². The third-order valence-electron chi connectivity index (χ3n) is 3.76. The van der Waals surface area contributed by atoms with Gasteiger partial charge in [0.2, 0.25) is 0 Å². The molecule has 196 valence electrons. The van der Waals surface area contributed by atoms with Crippen molar-refractivity contribution in [3.05, 3.63) is 0 Å². The fourth-order valence-corrected chi connectivity index (χ4v) is 2.79. The highest BCUT2D eigenvalue weighted by Crippen LogP contribution is 2.60. The molecule has 0 rings (SSSR count). The van der Waals surface area contributed by atoms with Crippen molar-refractivity contribution >= 4 is 22.7 Å². The highest BCUT2D eigenvalue weighted by Gasteiger charge is 2.90. The third-order valence-corrected chi connectivity index (χ3v) is 5.04. The summed E-state index contributed by atoms with van der Waals surface area (Å²) in [6, 6.07) is 0. The van der Waals surface area contributed by atoms with Crippen molar-refractivity contribution in [1.82, 2.24) is 0 Å². The van der Waals surface area contributed by atoms with E-state index in [0.717, 1.165) is 0 Å². The second-order valence-corrected chi connectivity index (χ2v) is 7.91. The molecule has 0 radical (unpaired) electrons. The zero-order valence-electron chi connectivity index (χ0n) is 15.6. The van der Waals surface area contributed by atoms with Gasteiger partial charge in [0, 0.05) is 23.0 Å². The van der Waals surface area contributed by atoms with Crippen molar-refractivity contribution in [1.29, 1.82) is 0 Å². The summed E-state index contributed by atoms with van der Waals surface area (Å²) in [6.45, 7) is -0.862. The van der Waals surface area contributed by atoms with E-state index in [4.69, 9.17) is 5.11 Å². The Kier molecular flexibility index (Phi) is 9.64. The van der Waals surface area contributed by atoms with Crippen LogP contribution in [0.15, 0.2) is 0 Å².